The minimum atomic E-state index is 0. The van der Waals surface area contributed by atoms with Gasteiger partial charge in [-0.2, -0.15) is 0 Å². The van der Waals surface area contributed by atoms with Crippen molar-refractivity contribution in [3.63, 3.8) is 0 Å². The van der Waals surface area contributed by atoms with Crippen LogP contribution in [0, 0.1) is 5.41 Å². The second-order valence-electron chi connectivity index (χ2n) is 4.45. The van der Waals surface area contributed by atoms with Gasteiger partial charge >= 0.3 is 0 Å². The largest absolute Gasteiger partial charge is 0.269 e. The third kappa shape index (κ3) is 2.80. The molecule has 0 amide bonds. The molecule has 12 heavy (non-hydrogen) atoms. The van der Waals surface area contributed by atoms with E-state index in [4.69, 9.17) is 0 Å². The normalized spacial score (nSPS) is 17.7. The third-order valence-corrected chi connectivity index (χ3v) is 2.32. The maximum absolute atomic E-state index is 2.29. The van der Waals surface area contributed by atoms with Gasteiger partial charge in [-0.15, -0.1) is 0 Å². The van der Waals surface area contributed by atoms with Crippen LogP contribution in [0.25, 0.3) is 0 Å². The van der Waals surface area contributed by atoms with E-state index in [1.165, 1.54) is 18.4 Å². The zero-order valence-corrected chi connectivity index (χ0v) is 8.48. The van der Waals surface area contributed by atoms with Gasteiger partial charge in [-0.3, -0.25) is 4.70 Å². The fraction of sp³-hybridized carbons (Fsp3) is 0.636. The Labute approximate surface area is 74.7 Å². The fourth-order valence-corrected chi connectivity index (χ4v) is 1.37. The number of hydrogen-bond acceptors (Lipinski definition) is 0. The molecule has 0 saturated heterocycles. The minimum absolute atomic E-state index is 0. The summed E-state index contributed by atoms with van der Waals surface area (Å²) >= 11 is 0. The van der Waals surface area contributed by atoms with E-state index in [9.17, 15) is 0 Å². The molecule has 1 heteroatoms. The van der Waals surface area contributed by atoms with Crippen molar-refractivity contribution in [1.29, 1.82) is 0 Å². The molecule has 0 aromatic rings. The molecule has 0 radical (unpaired) electrons. The summed E-state index contributed by atoms with van der Waals surface area (Å²) in [5, 5.41) is 0. The lowest BCUT2D eigenvalue weighted by Gasteiger charge is -2.25. The van der Waals surface area contributed by atoms with Gasteiger partial charge in [0, 0.05) is 0 Å². The van der Waals surface area contributed by atoms with E-state index in [1.54, 1.807) is 5.57 Å². The quantitative estimate of drug-likeness (QED) is 0.518. The summed E-state index contributed by atoms with van der Waals surface area (Å²) in [4.78, 5) is 0. The van der Waals surface area contributed by atoms with Crippen LogP contribution in [0.1, 0.15) is 40.5 Å². The molecule has 0 spiro atoms. The Morgan fingerprint density at radius 3 is 2.00 bits per heavy atom. The van der Waals surface area contributed by atoms with E-state index >= 15 is 0 Å². The number of hydrogen-bond donors (Lipinski definition) is 0. The topological polar surface area (TPSA) is 0 Å². The first-order valence-electron chi connectivity index (χ1n) is 4.37. The Morgan fingerprint density at radius 1 is 1.08 bits per heavy atom. The molecule has 0 heterocycles. The molecule has 0 fully saturated rings. The van der Waals surface area contributed by atoms with Gasteiger partial charge in [0.2, 0.25) is 0 Å². The van der Waals surface area contributed by atoms with Crippen LogP contribution in [0.4, 0.5) is 4.70 Å². The molecule has 0 aliphatic heterocycles. The average Bonchev–Trinajstić information content (AvgIpc) is 1.86. The van der Waals surface area contributed by atoms with Gasteiger partial charge in [-0.25, -0.2) is 0 Å². The van der Waals surface area contributed by atoms with Crippen molar-refractivity contribution in [2.45, 2.75) is 40.5 Å². The highest BCUT2D eigenvalue weighted by atomic mass is 19.0. The van der Waals surface area contributed by atoms with Gasteiger partial charge in [0.25, 0.3) is 0 Å². The highest BCUT2D eigenvalue weighted by Crippen LogP contribution is 2.32. The van der Waals surface area contributed by atoms with Crippen molar-refractivity contribution in [2.24, 2.45) is 5.41 Å². The highest BCUT2D eigenvalue weighted by molar-refractivity contribution is 5.26. The predicted molar refractivity (Wildman–Crippen MR) is 53.0 cm³/mol. The van der Waals surface area contributed by atoms with Gasteiger partial charge in [0.05, 0.1) is 0 Å². The van der Waals surface area contributed by atoms with E-state index in [0.29, 0.717) is 5.41 Å². The molecule has 0 atom stereocenters. The molecular weight excluding hydrogens is 151 g/mol. The molecule has 0 N–H and O–H groups in total. The van der Waals surface area contributed by atoms with Crippen LogP contribution >= 0.6 is 0 Å². The summed E-state index contributed by atoms with van der Waals surface area (Å²) < 4.78 is 0. The van der Waals surface area contributed by atoms with E-state index in [-0.39, 0.29) is 4.70 Å². The standard InChI is InChI=1S/C11H18.FH/c1-9-5-7-10(8-6-9)11(2,3)4;/h5,7H,6,8H2,1-4H3;1H. The van der Waals surface area contributed by atoms with Gasteiger partial charge in [-0.05, 0) is 25.2 Å². The molecular formula is C11H19F. The fourth-order valence-electron chi connectivity index (χ4n) is 1.37. The Hall–Kier alpha value is -0.590. The van der Waals surface area contributed by atoms with Crippen LogP contribution in [0.15, 0.2) is 23.3 Å². The summed E-state index contributed by atoms with van der Waals surface area (Å²) in [6.07, 6.45) is 7.05. The molecule has 1 rings (SSSR count). The van der Waals surface area contributed by atoms with Gasteiger partial charge in [0.15, 0.2) is 0 Å². The first-order chi connectivity index (χ1) is 5.00. The second-order valence-corrected chi connectivity index (χ2v) is 4.45. The summed E-state index contributed by atoms with van der Waals surface area (Å²) in [6, 6.07) is 0. The van der Waals surface area contributed by atoms with Crippen molar-refractivity contribution in [3.8, 4) is 0 Å². The highest BCUT2D eigenvalue weighted by Gasteiger charge is 2.17. The number of halogens is 1. The molecule has 0 aromatic heterocycles. The molecule has 0 nitrogen and oxygen atoms in total. The van der Waals surface area contributed by atoms with Crippen LogP contribution in [0.2, 0.25) is 0 Å². The zero-order chi connectivity index (χ0) is 8.48. The Morgan fingerprint density at radius 2 is 1.67 bits per heavy atom. The van der Waals surface area contributed by atoms with Crippen molar-refractivity contribution < 1.29 is 4.70 Å². The number of allylic oxidation sites excluding steroid dienone is 4. The molecule has 0 aromatic carbocycles. The van der Waals surface area contributed by atoms with E-state index in [1.807, 2.05) is 0 Å². The molecule has 70 valence electrons. The summed E-state index contributed by atoms with van der Waals surface area (Å²) in [7, 11) is 0. The van der Waals surface area contributed by atoms with Crippen molar-refractivity contribution in [2.75, 3.05) is 0 Å². The zero-order valence-electron chi connectivity index (χ0n) is 8.48. The average molecular weight is 170 g/mol. The van der Waals surface area contributed by atoms with Crippen molar-refractivity contribution in [1.82, 2.24) is 0 Å². The van der Waals surface area contributed by atoms with Crippen molar-refractivity contribution in [3.05, 3.63) is 23.3 Å². The van der Waals surface area contributed by atoms with Crippen molar-refractivity contribution >= 4 is 0 Å². The van der Waals surface area contributed by atoms with Crippen LogP contribution in [-0.2, 0) is 0 Å². The smallest absolute Gasteiger partial charge is 0.0170 e. The maximum atomic E-state index is 2.29. The van der Waals surface area contributed by atoms with E-state index < -0.39 is 0 Å². The Bertz CT molecular complexity index is 204. The summed E-state index contributed by atoms with van der Waals surface area (Å²) in [6.45, 7) is 9.06. The molecule has 0 unspecified atom stereocenters. The maximum Gasteiger partial charge on any atom is -0.0170 e. The third-order valence-electron chi connectivity index (χ3n) is 2.32. The van der Waals surface area contributed by atoms with Crippen LogP contribution < -0.4 is 0 Å². The first kappa shape index (κ1) is 11.4. The molecule has 1 aliphatic rings. The van der Waals surface area contributed by atoms with Crippen LogP contribution in [-0.4, -0.2) is 0 Å². The number of rotatable bonds is 0. The summed E-state index contributed by atoms with van der Waals surface area (Å²) in [5.74, 6) is 0. The molecule has 1 aliphatic carbocycles. The predicted octanol–water partition coefficient (Wildman–Crippen LogP) is 3.85. The Kier molecular flexibility index (Phi) is 3.69. The van der Waals surface area contributed by atoms with Gasteiger partial charge in [0.1, 0.15) is 0 Å². The minimum Gasteiger partial charge on any atom is -0.269 e. The van der Waals surface area contributed by atoms with E-state index in [0.717, 1.165) is 0 Å². The molecule has 0 saturated carbocycles. The van der Waals surface area contributed by atoms with Gasteiger partial charge in [-0.1, -0.05) is 44.1 Å². The van der Waals surface area contributed by atoms with Crippen LogP contribution in [0.3, 0.4) is 0 Å². The first-order valence-corrected chi connectivity index (χ1v) is 4.37. The lowest BCUT2D eigenvalue weighted by molar-refractivity contribution is 0.479. The van der Waals surface area contributed by atoms with Gasteiger partial charge < -0.3 is 0 Å². The SMILES string of the molecule is CC1=CC=C(C(C)(C)C)CC1.F. The van der Waals surface area contributed by atoms with E-state index in [2.05, 4.69) is 39.8 Å². The Balaban J connectivity index is 0.00000121. The molecule has 0 bridgehead atoms. The van der Waals surface area contributed by atoms with Crippen LogP contribution in [0.5, 0.6) is 0 Å². The summed E-state index contributed by atoms with van der Waals surface area (Å²) in [5.41, 5.74) is 3.47. The second kappa shape index (κ2) is 3.88. The lowest BCUT2D eigenvalue weighted by atomic mass is 9.81. The monoisotopic (exact) mass is 170 g/mol. The lowest BCUT2D eigenvalue weighted by Crippen LogP contribution is -2.10.